The summed E-state index contributed by atoms with van der Waals surface area (Å²) in [6.07, 6.45) is 1.90. The van der Waals surface area contributed by atoms with Crippen molar-refractivity contribution in [2.24, 2.45) is 0 Å². The van der Waals surface area contributed by atoms with Crippen molar-refractivity contribution in [1.82, 2.24) is 15.2 Å². The number of nitrogens with zero attached hydrogens (tertiary/aromatic N) is 2. The smallest absolute Gasteiger partial charge is 0.269 e. The van der Waals surface area contributed by atoms with Crippen molar-refractivity contribution in [2.75, 3.05) is 13.1 Å². The molecule has 2 N–H and O–H groups in total. The first-order valence-electron chi connectivity index (χ1n) is 8.57. The predicted octanol–water partition coefficient (Wildman–Crippen LogP) is 2.95. The number of piperidine rings is 1. The summed E-state index contributed by atoms with van der Waals surface area (Å²) in [7, 11) is 0. The third-order valence-electron chi connectivity index (χ3n) is 4.98. The first-order valence-corrected chi connectivity index (χ1v) is 8.57. The van der Waals surface area contributed by atoms with Crippen molar-refractivity contribution in [3.8, 4) is 6.07 Å². The van der Waals surface area contributed by atoms with Gasteiger partial charge < -0.3 is 15.2 Å². The Labute approximate surface area is 142 Å². The highest BCUT2D eigenvalue weighted by molar-refractivity contribution is 6.03. The van der Waals surface area contributed by atoms with Crippen molar-refractivity contribution in [1.29, 1.82) is 5.26 Å². The van der Waals surface area contributed by atoms with Gasteiger partial charge in [-0.05, 0) is 39.2 Å². The van der Waals surface area contributed by atoms with E-state index in [-0.39, 0.29) is 11.9 Å². The maximum atomic E-state index is 12.7. The van der Waals surface area contributed by atoms with E-state index >= 15 is 0 Å². The molecule has 0 spiro atoms. The number of aryl methyl sites for hydroxylation is 1. The molecule has 0 unspecified atom stereocenters. The number of hydrogen-bond acceptors (Lipinski definition) is 3. The summed E-state index contributed by atoms with van der Waals surface area (Å²) in [5.41, 5.74) is 2.72. The standard InChI is InChI=1S/C19H24N4O/c1-12(2)23-9-7-14(8-10-23)21-19(24)18-16(11-20)15-6-4-5-13(3)17(15)22-18/h4-6,12,14,22H,7-10H2,1-3H3,(H,21,24). The van der Waals surface area contributed by atoms with E-state index in [4.69, 9.17) is 0 Å². The number of carbonyl (C=O) groups is 1. The fourth-order valence-corrected chi connectivity index (χ4v) is 3.47. The van der Waals surface area contributed by atoms with Crippen LogP contribution in [0.15, 0.2) is 18.2 Å². The monoisotopic (exact) mass is 324 g/mol. The number of rotatable bonds is 3. The molecule has 1 aliphatic heterocycles. The summed E-state index contributed by atoms with van der Waals surface area (Å²) in [4.78, 5) is 18.3. The Hall–Kier alpha value is -2.32. The Morgan fingerprint density at radius 3 is 2.71 bits per heavy atom. The molecule has 24 heavy (non-hydrogen) atoms. The number of amides is 1. The molecule has 3 rings (SSSR count). The molecule has 1 fully saturated rings. The summed E-state index contributed by atoms with van der Waals surface area (Å²) in [6.45, 7) is 8.37. The maximum Gasteiger partial charge on any atom is 0.269 e. The number of nitriles is 1. The molecule has 0 saturated carbocycles. The van der Waals surface area contributed by atoms with Gasteiger partial charge in [0, 0.05) is 30.6 Å². The molecule has 2 aromatic rings. The van der Waals surface area contributed by atoms with Gasteiger partial charge in [-0.2, -0.15) is 5.26 Å². The highest BCUT2D eigenvalue weighted by Gasteiger charge is 2.25. The molecule has 5 nitrogen and oxygen atoms in total. The highest BCUT2D eigenvalue weighted by Crippen LogP contribution is 2.24. The van der Waals surface area contributed by atoms with Crippen molar-refractivity contribution in [3.05, 3.63) is 35.0 Å². The van der Waals surface area contributed by atoms with E-state index in [1.54, 1.807) is 0 Å². The normalized spacial score (nSPS) is 16.5. The lowest BCUT2D eigenvalue weighted by Gasteiger charge is -2.34. The summed E-state index contributed by atoms with van der Waals surface area (Å²) < 4.78 is 0. The predicted molar refractivity (Wildman–Crippen MR) is 94.9 cm³/mol. The number of aromatic nitrogens is 1. The topological polar surface area (TPSA) is 71.9 Å². The van der Waals surface area contributed by atoms with Gasteiger partial charge >= 0.3 is 0 Å². The largest absolute Gasteiger partial charge is 0.349 e. The van der Waals surface area contributed by atoms with Gasteiger partial charge in [-0.15, -0.1) is 0 Å². The third kappa shape index (κ3) is 3.02. The number of H-pyrrole nitrogens is 1. The van der Waals surface area contributed by atoms with Crippen LogP contribution in [-0.4, -0.2) is 41.0 Å². The second kappa shape index (κ2) is 6.66. The van der Waals surface area contributed by atoms with Gasteiger partial charge in [0.15, 0.2) is 0 Å². The Morgan fingerprint density at radius 1 is 1.38 bits per heavy atom. The van der Waals surface area contributed by atoms with Crippen LogP contribution in [0.2, 0.25) is 0 Å². The zero-order valence-electron chi connectivity index (χ0n) is 14.5. The summed E-state index contributed by atoms with van der Waals surface area (Å²) >= 11 is 0. The van der Waals surface area contributed by atoms with E-state index in [0.29, 0.717) is 17.3 Å². The second-order valence-electron chi connectivity index (χ2n) is 6.86. The zero-order valence-corrected chi connectivity index (χ0v) is 14.5. The van der Waals surface area contributed by atoms with E-state index in [9.17, 15) is 10.1 Å². The van der Waals surface area contributed by atoms with Crippen molar-refractivity contribution in [3.63, 3.8) is 0 Å². The van der Waals surface area contributed by atoms with E-state index in [1.165, 1.54) is 0 Å². The zero-order chi connectivity index (χ0) is 17.3. The lowest BCUT2D eigenvalue weighted by molar-refractivity contribution is 0.0896. The fourth-order valence-electron chi connectivity index (χ4n) is 3.47. The summed E-state index contributed by atoms with van der Waals surface area (Å²) in [5.74, 6) is -0.176. The molecule has 0 bridgehead atoms. The molecule has 0 atom stereocenters. The van der Waals surface area contributed by atoms with E-state index in [1.807, 2.05) is 25.1 Å². The first kappa shape index (κ1) is 16.5. The van der Waals surface area contributed by atoms with Crippen LogP contribution < -0.4 is 5.32 Å². The summed E-state index contributed by atoms with van der Waals surface area (Å²) in [5, 5.41) is 13.4. The highest BCUT2D eigenvalue weighted by atomic mass is 16.2. The molecule has 0 aliphatic carbocycles. The molecule has 126 valence electrons. The Balaban J connectivity index is 1.78. The molecular weight excluding hydrogens is 300 g/mol. The number of likely N-dealkylation sites (tertiary alicyclic amines) is 1. The quantitative estimate of drug-likeness (QED) is 0.912. The lowest BCUT2D eigenvalue weighted by Crippen LogP contribution is -2.46. The number of nitrogens with one attached hydrogen (secondary N) is 2. The van der Waals surface area contributed by atoms with E-state index < -0.39 is 0 Å². The molecule has 2 heterocycles. The van der Waals surface area contributed by atoms with Gasteiger partial charge in [0.2, 0.25) is 0 Å². The van der Waals surface area contributed by atoms with Crippen molar-refractivity contribution in [2.45, 2.75) is 45.7 Å². The molecule has 1 saturated heterocycles. The first-order chi connectivity index (χ1) is 11.5. The molecule has 1 amide bonds. The Kier molecular flexibility index (Phi) is 4.59. The minimum absolute atomic E-state index is 0.173. The van der Waals surface area contributed by atoms with Crippen LogP contribution in [0.1, 0.15) is 48.3 Å². The fraction of sp³-hybridized carbons (Fsp3) is 0.474. The second-order valence-corrected chi connectivity index (χ2v) is 6.86. The van der Waals surface area contributed by atoms with Crippen LogP contribution >= 0.6 is 0 Å². The molecule has 1 aliphatic rings. The van der Waals surface area contributed by atoms with Gasteiger partial charge in [0.05, 0.1) is 11.1 Å². The third-order valence-corrected chi connectivity index (χ3v) is 4.98. The number of aromatic amines is 1. The Morgan fingerprint density at radius 2 is 2.08 bits per heavy atom. The average molecular weight is 324 g/mol. The molecule has 1 aromatic heterocycles. The maximum absolute atomic E-state index is 12.7. The van der Waals surface area contributed by atoms with Gasteiger partial charge in [-0.3, -0.25) is 4.79 Å². The van der Waals surface area contributed by atoms with Gasteiger partial charge in [0.25, 0.3) is 5.91 Å². The van der Waals surface area contributed by atoms with E-state index in [0.717, 1.165) is 42.4 Å². The number of benzene rings is 1. The molecular formula is C19H24N4O. The number of fused-ring (bicyclic) bond motifs is 1. The summed E-state index contributed by atoms with van der Waals surface area (Å²) in [6, 6.07) is 8.68. The SMILES string of the molecule is Cc1cccc2c(C#N)c(C(=O)NC3CCN(C(C)C)CC3)[nH]c12. The molecule has 0 radical (unpaired) electrons. The van der Waals surface area contributed by atoms with Gasteiger partial charge in [-0.25, -0.2) is 0 Å². The number of hydrogen-bond donors (Lipinski definition) is 2. The average Bonchev–Trinajstić information content (AvgIpc) is 2.95. The van der Waals surface area contributed by atoms with Crippen molar-refractivity contribution >= 4 is 16.8 Å². The van der Waals surface area contributed by atoms with Crippen LogP contribution in [0.4, 0.5) is 0 Å². The molecule has 1 aromatic carbocycles. The minimum atomic E-state index is -0.176. The lowest BCUT2D eigenvalue weighted by atomic mass is 10.0. The van der Waals surface area contributed by atoms with Gasteiger partial charge in [0.1, 0.15) is 11.8 Å². The number of para-hydroxylation sites is 1. The molecule has 5 heteroatoms. The Bertz CT molecular complexity index is 792. The van der Waals surface area contributed by atoms with Crippen LogP contribution in [0.5, 0.6) is 0 Å². The number of carbonyl (C=O) groups excluding carboxylic acids is 1. The van der Waals surface area contributed by atoms with Gasteiger partial charge in [-0.1, -0.05) is 18.2 Å². The van der Waals surface area contributed by atoms with Crippen LogP contribution in [-0.2, 0) is 0 Å². The van der Waals surface area contributed by atoms with Crippen LogP contribution in [0, 0.1) is 18.3 Å². The minimum Gasteiger partial charge on any atom is -0.349 e. The van der Waals surface area contributed by atoms with E-state index in [2.05, 4.69) is 35.1 Å². The van der Waals surface area contributed by atoms with Crippen LogP contribution in [0.25, 0.3) is 10.9 Å². The van der Waals surface area contributed by atoms with Crippen molar-refractivity contribution < 1.29 is 4.79 Å². The van der Waals surface area contributed by atoms with Crippen LogP contribution in [0.3, 0.4) is 0 Å².